The number of amides is 2. The summed E-state index contributed by atoms with van der Waals surface area (Å²) in [5.74, 6) is -0.965. The molecule has 4 unspecified atom stereocenters. The summed E-state index contributed by atoms with van der Waals surface area (Å²) in [7, 11) is 0. The van der Waals surface area contributed by atoms with E-state index in [1.165, 1.54) is 22.3 Å². The fourth-order valence-electron chi connectivity index (χ4n) is 6.18. The zero-order valence-corrected chi connectivity index (χ0v) is 20.1. The van der Waals surface area contributed by atoms with E-state index in [0.29, 0.717) is 12.3 Å². The fraction of sp³-hybridized carbons (Fsp3) is 0.464. The number of ether oxygens (including phenoxy) is 1. The van der Waals surface area contributed by atoms with E-state index in [-0.39, 0.29) is 42.2 Å². The summed E-state index contributed by atoms with van der Waals surface area (Å²) in [4.78, 5) is 36.7. The molecule has 2 aromatic rings. The number of hydrogen-bond acceptors (Lipinski definition) is 4. The van der Waals surface area contributed by atoms with Crippen LogP contribution in [0.25, 0.3) is 11.1 Å². The molecule has 0 aliphatic heterocycles. The highest BCUT2D eigenvalue weighted by Gasteiger charge is 2.50. The van der Waals surface area contributed by atoms with Crippen molar-refractivity contribution in [2.75, 3.05) is 6.61 Å². The van der Waals surface area contributed by atoms with Gasteiger partial charge in [-0.25, -0.2) is 9.59 Å². The topological polar surface area (TPSA) is 105 Å². The third kappa shape index (κ3) is 4.40. The first-order valence-electron chi connectivity index (χ1n) is 12.5. The molecule has 7 nitrogen and oxygen atoms in total. The number of hydrogen-bond donors (Lipinski definition) is 3. The molecule has 2 aromatic carbocycles. The van der Waals surface area contributed by atoms with Crippen molar-refractivity contribution in [3.63, 3.8) is 0 Å². The van der Waals surface area contributed by atoms with Gasteiger partial charge >= 0.3 is 12.1 Å². The van der Waals surface area contributed by atoms with Crippen LogP contribution in [0.5, 0.6) is 0 Å². The number of alkyl carbamates (subject to hydrolysis) is 1. The zero-order valence-electron chi connectivity index (χ0n) is 20.1. The van der Waals surface area contributed by atoms with Crippen LogP contribution in [0.4, 0.5) is 4.79 Å². The lowest BCUT2D eigenvalue weighted by Crippen LogP contribution is -2.50. The van der Waals surface area contributed by atoms with Gasteiger partial charge in [-0.05, 0) is 59.3 Å². The molecule has 7 heteroatoms. The number of carboxylic acids is 1. The average molecular weight is 477 g/mol. The Balaban J connectivity index is 1.14. The Morgan fingerprint density at radius 1 is 0.971 bits per heavy atom. The molecule has 0 bridgehead atoms. The summed E-state index contributed by atoms with van der Waals surface area (Å²) in [5.41, 5.74) is 4.74. The first-order valence-corrected chi connectivity index (χ1v) is 12.5. The predicted octanol–water partition coefficient (Wildman–Crippen LogP) is 4.17. The Morgan fingerprint density at radius 2 is 1.60 bits per heavy atom. The normalized spacial score (nSPS) is 25.1. The van der Waals surface area contributed by atoms with E-state index < -0.39 is 18.1 Å². The van der Waals surface area contributed by atoms with E-state index in [0.717, 1.165) is 12.8 Å². The van der Waals surface area contributed by atoms with Crippen LogP contribution in [-0.4, -0.2) is 41.8 Å². The number of nitrogens with one attached hydrogen (secondary N) is 2. The van der Waals surface area contributed by atoms with Crippen molar-refractivity contribution in [1.82, 2.24) is 10.6 Å². The van der Waals surface area contributed by atoms with Crippen molar-refractivity contribution >= 4 is 18.0 Å². The minimum Gasteiger partial charge on any atom is -0.480 e. The molecule has 184 valence electrons. The average Bonchev–Trinajstić information content (AvgIpc) is 3.34. The smallest absolute Gasteiger partial charge is 0.407 e. The third-order valence-corrected chi connectivity index (χ3v) is 8.07. The van der Waals surface area contributed by atoms with E-state index in [1.54, 1.807) is 13.8 Å². The molecule has 0 radical (unpaired) electrons. The van der Waals surface area contributed by atoms with Crippen molar-refractivity contribution in [3.8, 4) is 11.1 Å². The van der Waals surface area contributed by atoms with Gasteiger partial charge in [0.2, 0.25) is 5.91 Å². The largest absolute Gasteiger partial charge is 0.480 e. The highest BCUT2D eigenvalue weighted by atomic mass is 16.5. The first kappa shape index (κ1) is 23.4. The second-order valence-electron chi connectivity index (χ2n) is 10.5. The number of rotatable bonds is 7. The van der Waals surface area contributed by atoms with E-state index in [2.05, 4.69) is 34.9 Å². The van der Waals surface area contributed by atoms with Gasteiger partial charge in [-0.3, -0.25) is 4.79 Å². The lowest BCUT2D eigenvalue weighted by molar-refractivity contribution is -0.143. The minimum atomic E-state index is -1.01. The molecule has 35 heavy (non-hydrogen) atoms. The number of carbonyl (C=O) groups excluding carboxylic acids is 2. The van der Waals surface area contributed by atoms with Crippen LogP contribution in [0.2, 0.25) is 0 Å². The number of aliphatic carboxylic acids is 1. The Kier molecular flexibility index (Phi) is 6.26. The predicted molar refractivity (Wildman–Crippen MR) is 131 cm³/mol. The zero-order chi connectivity index (χ0) is 24.7. The Bertz CT molecular complexity index is 1100. The molecule has 0 heterocycles. The highest BCUT2D eigenvalue weighted by molar-refractivity contribution is 5.85. The molecule has 0 saturated heterocycles. The number of fused-ring (bicyclic) bond motifs is 4. The van der Waals surface area contributed by atoms with Crippen LogP contribution in [0, 0.1) is 23.7 Å². The molecule has 0 aromatic heterocycles. The summed E-state index contributed by atoms with van der Waals surface area (Å²) >= 11 is 0. The number of carboxylic acid groups (broad SMARTS) is 1. The molecule has 2 amide bonds. The van der Waals surface area contributed by atoms with Crippen molar-refractivity contribution in [1.29, 1.82) is 0 Å². The van der Waals surface area contributed by atoms with Crippen molar-refractivity contribution in [2.45, 2.75) is 51.1 Å². The minimum absolute atomic E-state index is 0.00572. The Labute approximate surface area is 205 Å². The summed E-state index contributed by atoms with van der Waals surface area (Å²) in [6, 6.07) is 15.6. The van der Waals surface area contributed by atoms with Gasteiger partial charge in [-0.2, -0.15) is 0 Å². The van der Waals surface area contributed by atoms with Gasteiger partial charge in [0.1, 0.15) is 12.6 Å². The maximum atomic E-state index is 12.7. The maximum Gasteiger partial charge on any atom is 0.407 e. The molecule has 3 N–H and O–H groups in total. The van der Waals surface area contributed by atoms with E-state index in [4.69, 9.17) is 4.74 Å². The van der Waals surface area contributed by atoms with Gasteiger partial charge in [-0.15, -0.1) is 0 Å². The molecule has 5 rings (SSSR count). The number of carbonyl (C=O) groups is 3. The maximum absolute atomic E-state index is 12.7. The van der Waals surface area contributed by atoms with Crippen LogP contribution >= 0.6 is 0 Å². The number of benzene rings is 2. The van der Waals surface area contributed by atoms with E-state index >= 15 is 0 Å². The molecule has 5 atom stereocenters. The Morgan fingerprint density at radius 3 is 2.20 bits per heavy atom. The van der Waals surface area contributed by atoms with Crippen molar-refractivity contribution in [2.24, 2.45) is 23.7 Å². The van der Waals surface area contributed by atoms with Gasteiger partial charge < -0.3 is 20.5 Å². The van der Waals surface area contributed by atoms with E-state index in [9.17, 15) is 19.5 Å². The third-order valence-electron chi connectivity index (χ3n) is 8.07. The second-order valence-corrected chi connectivity index (χ2v) is 10.5. The van der Waals surface area contributed by atoms with Crippen molar-refractivity contribution < 1.29 is 24.2 Å². The quantitative estimate of drug-likeness (QED) is 0.557. The summed E-state index contributed by atoms with van der Waals surface area (Å²) < 4.78 is 5.68. The first-order chi connectivity index (χ1) is 16.8. The van der Waals surface area contributed by atoms with Gasteiger partial charge in [-0.1, -0.05) is 62.4 Å². The molecule has 0 spiro atoms. The summed E-state index contributed by atoms with van der Waals surface area (Å²) in [6.45, 7) is 3.84. The molecular formula is C28H32N2O5. The van der Waals surface area contributed by atoms with Crippen molar-refractivity contribution in [3.05, 3.63) is 59.7 Å². The van der Waals surface area contributed by atoms with Crippen LogP contribution in [0.15, 0.2) is 48.5 Å². The molecule has 3 aliphatic carbocycles. The highest BCUT2D eigenvalue weighted by Crippen LogP contribution is 2.50. The fourth-order valence-corrected chi connectivity index (χ4v) is 6.18. The molecule has 2 saturated carbocycles. The van der Waals surface area contributed by atoms with Gasteiger partial charge in [0.15, 0.2) is 0 Å². The van der Waals surface area contributed by atoms with Gasteiger partial charge in [0, 0.05) is 17.9 Å². The molecular weight excluding hydrogens is 444 g/mol. The molecule has 2 fully saturated rings. The second kappa shape index (κ2) is 9.36. The Hall–Kier alpha value is -3.35. The summed E-state index contributed by atoms with van der Waals surface area (Å²) in [6.07, 6.45) is 1.80. The van der Waals surface area contributed by atoms with Crippen LogP contribution in [-0.2, 0) is 14.3 Å². The standard InChI is InChI=1S/C28H32N2O5/c1-15(2)25(27(32)33)30-26(31)17-11-16-13-24(22(16)12-17)29-28(34)35-14-23-20-9-5-3-7-18(20)19-8-4-6-10-21(19)23/h3-10,15-17,22-25H,11-14H2,1-2H3,(H,29,34)(H,30,31)(H,32,33)/t16?,17?,22?,24?,25-/m1/s1. The van der Waals surface area contributed by atoms with Gasteiger partial charge in [0.05, 0.1) is 0 Å². The van der Waals surface area contributed by atoms with Gasteiger partial charge in [0.25, 0.3) is 0 Å². The molecule has 3 aliphatic rings. The van der Waals surface area contributed by atoms with Crippen LogP contribution in [0.3, 0.4) is 0 Å². The monoisotopic (exact) mass is 476 g/mol. The lowest BCUT2D eigenvalue weighted by Gasteiger charge is -2.40. The SMILES string of the molecule is CC(C)[C@@H](NC(=O)C1CC2CC(NC(=O)OCC3c4ccccc4-c4ccccc43)C2C1)C(=O)O. The van der Waals surface area contributed by atoms with Crippen LogP contribution < -0.4 is 10.6 Å². The van der Waals surface area contributed by atoms with Crippen LogP contribution in [0.1, 0.15) is 50.2 Å². The van der Waals surface area contributed by atoms with E-state index in [1.807, 2.05) is 24.3 Å². The summed E-state index contributed by atoms with van der Waals surface area (Å²) in [5, 5.41) is 15.1. The lowest BCUT2D eigenvalue weighted by atomic mass is 9.71.